The van der Waals surface area contributed by atoms with Crippen molar-refractivity contribution in [1.82, 2.24) is 4.90 Å². The second-order valence-electron chi connectivity index (χ2n) is 6.08. The van der Waals surface area contributed by atoms with E-state index in [1.54, 1.807) is 11.0 Å². The summed E-state index contributed by atoms with van der Waals surface area (Å²) in [5, 5.41) is 2.08. The average molecular weight is 344 g/mol. The summed E-state index contributed by atoms with van der Waals surface area (Å²) in [6, 6.07) is 13.4. The summed E-state index contributed by atoms with van der Waals surface area (Å²) in [4.78, 5) is 26.0. The number of hydrogen-bond acceptors (Lipinski definition) is 3. The fourth-order valence-electron chi connectivity index (χ4n) is 3.03. The molecule has 2 amide bonds. The van der Waals surface area contributed by atoms with E-state index in [-0.39, 0.29) is 23.5 Å². The second-order valence-corrected chi connectivity index (χ2v) is 7.53. The summed E-state index contributed by atoms with van der Waals surface area (Å²) in [5.74, 6) is -0.920. The molecule has 1 saturated heterocycles. The minimum absolute atomic E-state index is 0.0657. The van der Waals surface area contributed by atoms with E-state index in [9.17, 15) is 13.8 Å². The van der Waals surface area contributed by atoms with E-state index in [1.165, 1.54) is 0 Å². The lowest BCUT2D eigenvalue weighted by molar-refractivity contribution is -0.132. The fourth-order valence-corrected chi connectivity index (χ4v) is 4.08. The zero-order chi connectivity index (χ0) is 17.1. The van der Waals surface area contributed by atoms with Gasteiger partial charge in [0.1, 0.15) is 5.75 Å². The van der Waals surface area contributed by atoms with E-state index >= 15 is 0 Å². The van der Waals surface area contributed by atoms with Gasteiger partial charge in [-0.15, -0.1) is 0 Å². The van der Waals surface area contributed by atoms with Crippen LogP contribution in [0.1, 0.15) is 12.8 Å². The third-order valence-electron chi connectivity index (χ3n) is 4.41. The van der Waals surface area contributed by atoms with Gasteiger partial charge >= 0.3 is 0 Å². The zero-order valence-corrected chi connectivity index (χ0v) is 14.1. The smallest absolute Gasteiger partial charge is 0.235 e. The first-order valence-electron chi connectivity index (χ1n) is 7.99. The molecule has 3 rings (SSSR count). The van der Waals surface area contributed by atoms with Gasteiger partial charge in [0.05, 0.1) is 16.7 Å². The Hall–Kier alpha value is -2.21. The van der Waals surface area contributed by atoms with E-state index < -0.39 is 10.8 Å². The van der Waals surface area contributed by atoms with Crippen molar-refractivity contribution in [1.29, 1.82) is 0 Å². The normalized spacial score (nSPS) is 19.2. The number of piperidine rings is 1. The van der Waals surface area contributed by atoms with Crippen molar-refractivity contribution in [2.24, 2.45) is 11.7 Å². The molecule has 1 fully saturated rings. The number of fused-ring (bicyclic) bond motifs is 1. The Morgan fingerprint density at radius 3 is 2.67 bits per heavy atom. The fraction of sp³-hybridized carbons (Fsp3) is 0.333. The molecule has 0 bridgehead atoms. The Morgan fingerprint density at radius 1 is 1.17 bits per heavy atom. The van der Waals surface area contributed by atoms with Crippen LogP contribution in [0, 0.1) is 5.92 Å². The van der Waals surface area contributed by atoms with Crippen LogP contribution in [-0.2, 0) is 20.4 Å². The molecule has 2 N–H and O–H groups in total. The molecule has 2 aromatic carbocycles. The van der Waals surface area contributed by atoms with Crippen LogP contribution in [0.15, 0.2) is 47.4 Å². The van der Waals surface area contributed by atoms with Gasteiger partial charge in [0.25, 0.3) is 0 Å². The van der Waals surface area contributed by atoms with Gasteiger partial charge < -0.3 is 10.6 Å². The van der Waals surface area contributed by atoms with Gasteiger partial charge in [-0.3, -0.25) is 13.8 Å². The van der Waals surface area contributed by atoms with E-state index in [0.717, 1.165) is 17.2 Å². The topological polar surface area (TPSA) is 80.5 Å². The summed E-state index contributed by atoms with van der Waals surface area (Å²) in [6.07, 6.45) is 1.47. The predicted octanol–water partition coefficient (Wildman–Crippen LogP) is 1.67. The Bertz CT molecular complexity index is 806. The Balaban J connectivity index is 1.68. The van der Waals surface area contributed by atoms with E-state index in [0.29, 0.717) is 24.4 Å². The molecular weight excluding hydrogens is 324 g/mol. The van der Waals surface area contributed by atoms with Crippen molar-refractivity contribution in [2.75, 3.05) is 18.8 Å². The predicted molar refractivity (Wildman–Crippen MR) is 93.7 cm³/mol. The number of primary amides is 1. The van der Waals surface area contributed by atoms with Gasteiger partial charge in [0.2, 0.25) is 11.8 Å². The maximum atomic E-state index is 12.5. The van der Waals surface area contributed by atoms with Crippen LogP contribution >= 0.6 is 0 Å². The highest BCUT2D eigenvalue weighted by molar-refractivity contribution is 7.85. The van der Waals surface area contributed by atoms with Crippen molar-refractivity contribution in [3.05, 3.63) is 42.5 Å². The minimum atomic E-state index is -1.40. The van der Waals surface area contributed by atoms with Crippen molar-refractivity contribution < 1.29 is 13.8 Å². The molecule has 2 aromatic rings. The number of carbonyl (C=O) groups is 2. The number of hydrogen-bond donors (Lipinski definition) is 1. The molecule has 2 unspecified atom stereocenters. The SMILES string of the molecule is NC(=O)C1CCCN(C(=O)CS(=O)c2ccc3ccccc3c2)C1. The first-order valence-corrected chi connectivity index (χ1v) is 9.31. The van der Waals surface area contributed by atoms with Gasteiger partial charge in [-0.2, -0.15) is 0 Å². The van der Waals surface area contributed by atoms with Crippen LogP contribution in [0.3, 0.4) is 0 Å². The van der Waals surface area contributed by atoms with Crippen LogP contribution in [0.4, 0.5) is 0 Å². The molecule has 0 spiro atoms. The molecule has 2 atom stereocenters. The average Bonchev–Trinajstić information content (AvgIpc) is 2.61. The number of likely N-dealkylation sites (tertiary alicyclic amines) is 1. The lowest BCUT2D eigenvalue weighted by atomic mass is 9.97. The number of nitrogens with zero attached hydrogens (tertiary/aromatic N) is 1. The minimum Gasteiger partial charge on any atom is -0.369 e. The highest BCUT2D eigenvalue weighted by atomic mass is 32.2. The lowest BCUT2D eigenvalue weighted by Gasteiger charge is -2.31. The highest BCUT2D eigenvalue weighted by Crippen LogP contribution is 2.20. The molecular formula is C18H20N2O3S. The summed E-state index contributed by atoms with van der Waals surface area (Å²) in [5.41, 5.74) is 5.34. The van der Waals surface area contributed by atoms with Gasteiger partial charge in [0, 0.05) is 18.0 Å². The molecule has 126 valence electrons. The highest BCUT2D eigenvalue weighted by Gasteiger charge is 2.27. The third kappa shape index (κ3) is 3.64. The maximum Gasteiger partial charge on any atom is 0.235 e. The Kier molecular flexibility index (Phi) is 4.94. The Labute approximate surface area is 143 Å². The third-order valence-corrected chi connectivity index (χ3v) is 5.70. The molecule has 6 heteroatoms. The maximum absolute atomic E-state index is 12.5. The van der Waals surface area contributed by atoms with Gasteiger partial charge in [0.15, 0.2) is 0 Å². The van der Waals surface area contributed by atoms with Crippen LogP contribution in [0.2, 0.25) is 0 Å². The number of rotatable bonds is 4. The first-order chi connectivity index (χ1) is 11.5. The van der Waals surface area contributed by atoms with Gasteiger partial charge in [-0.1, -0.05) is 30.3 Å². The van der Waals surface area contributed by atoms with Gasteiger partial charge in [-0.05, 0) is 35.7 Å². The van der Waals surface area contributed by atoms with E-state index in [4.69, 9.17) is 5.73 Å². The quantitative estimate of drug-likeness (QED) is 0.916. The molecule has 0 aliphatic carbocycles. The van der Waals surface area contributed by atoms with Crippen molar-refractivity contribution >= 4 is 33.4 Å². The molecule has 0 radical (unpaired) electrons. The monoisotopic (exact) mass is 344 g/mol. The number of amides is 2. The Morgan fingerprint density at radius 2 is 1.92 bits per heavy atom. The first kappa shape index (κ1) is 16.6. The zero-order valence-electron chi connectivity index (χ0n) is 13.3. The molecule has 24 heavy (non-hydrogen) atoms. The van der Waals surface area contributed by atoms with Crippen LogP contribution in [0.5, 0.6) is 0 Å². The summed E-state index contributed by atoms with van der Waals surface area (Å²) >= 11 is 0. The number of benzene rings is 2. The molecule has 0 aromatic heterocycles. The van der Waals surface area contributed by atoms with Gasteiger partial charge in [-0.25, -0.2) is 0 Å². The van der Waals surface area contributed by atoms with Crippen LogP contribution in [0.25, 0.3) is 10.8 Å². The molecule has 1 aliphatic rings. The molecule has 5 nitrogen and oxygen atoms in total. The molecule has 1 heterocycles. The summed E-state index contributed by atoms with van der Waals surface area (Å²) < 4.78 is 12.5. The van der Waals surface area contributed by atoms with Crippen molar-refractivity contribution in [3.63, 3.8) is 0 Å². The van der Waals surface area contributed by atoms with Crippen molar-refractivity contribution in [3.8, 4) is 0 Å². The van der Waals surface area contributed by atoms with E-state index in [1.807, 2.05) is 36.4 Å². The number of nitrogens with two attached hydrogens (primary N) is 1. The van der Waals surface area contributed by atoms with Crippen LogP contribution < -0.4 is 5.73 Å². The van der Waals surface area contributed by atoms with Crippen LogP contribution in [-0.4, -0.2) is 39.8 Å². The molecule has 0 saturated carbocycles. The molecule has 1 aliphatic heterocycles. The largest absolute Gasteiger partial charge is 0.369 e. The second kappa shape index (κ2) is 7.13. The summed E-state index contributed by atoms with van der Waals surface area (Å²) in [7, 11) is -1.40. The lowest BCUT2D eigenvalue weighted by Crippen LogP contribution is -2.45. The summed E-state index contributed by atoms with van der Waals surface area (Å²) in [6.45, 7) is 0.931. The standard InChI is InChI=1S/C18H20N2O3S/c19-18(22)15-6-3-9-20(11-15)17(21)12-24(23)16-8-7-13-4-1-2-5-14(13)10-16/h1-2,4-5,7-8,10,15H,3,6,9,11-12H2,(H2,19,22). The van der Waals surface area contributed by atoms with Crippen molar-refractivity contribution in [2.45, 2.75) is 17.7 Å². The van der Waals surface area contributed by atoms with E-state index in [2.05, 4.69) is 0 Å². The number of carbonyl (C=O) groups excluding carboxylic acids is 2.